The summed E-state index contributed by atoms with van der Waals surface area (Å²) in [4.78, 5) is 16.3. The summed E-state index contributed by atoms with van der Waals surface area (Å²) >= 11 is -1.88. The topological polar surface area (TPSA) is 99.2 Å². The molecule has 0 radical (unpaired) electrons. The maximum absolute atomic E-state index is 14.5. The predicted molar refractivity (Wildman–Crippen MR) is 105 cm³/mol. The Morgan fingerprint density at radius 3 is 2.86 bits per heavy atom. The van der Waals surface area contributed by atoms with E-state index in [1.807, 2.05) is 4.90 Å². The number of aromatic nitrogens is 3. The lowest BCUT2D eigenvalue weighted by molar-refractivity contribution is 0.0956. The molecule has 0 saturated carbocycles. The monoisotopic (exact) mass is 413 g/mol. The quantitative estimate of drug-likeness (QED) is 0.516. The van der Waals surface area contributed by atoms with E-state index in [0.717, 1.165) is 25.2 Å². The first-order chi connectivity index (χ1) is 14.0. The minimum absolute atomic E-state index is 0.112. The van der Waals surface area contributed by atoms with E-state index >= 15 is 0 Å². The van der Waals surface area contributed by atoms with Crippen molar-refractivity contribution in [3.63, 3.8) is 0 Å². The summed E-state index contributed by atoms with van der Waals surface area (Å²) < 4.78 is 35.1. The van der Waals surface area contributed by atoms with Crippen LogP contribution in [0.5, 0.6) is 0 Å². The number of anilines is 1. The van der Waals surface area contributed by atoms with E-state index < -0.39 is 23.1 Å². The van der Waals surface area contributed by atoms with Crippen molar-refractivity contribution in [2.24, 2.45) is 7.05 Å². The predicted octanol–water partition coefficient (Wildman–Crippen LogP) is 2.52. The summed E-state index contributed by atoms with van der Waals surface area (Å²) in [6, 6.07) is 9.50. The van der Waals surface area contributed by atoms with Gasteiger partial charge in [0.15, 0.2) is 11.3 Å². The number of aryl methyl sites for hydroxylation is 1. The highest BCUT2D eigenvalue weighted by Gasteiger charge is 2.25. The Hall–Kier alpha value is -3.11. The average Bonchev–Trinajstić information content (AvgIpc) is 3.22. The van der Waals surface area contributed by atoms with Crippen LogP contribution < -0.4 is 9.62 Å². The third-order valence-electron chi connectivity index (χ3n) is 4.88. The van der Waals surface area contributed by atoms with Crippen LogP contribution in [0.2, 0.25) is 0 Å². The van der Waals surface area contributed by atoms with Crippen LogP contribution in [-0.4, -0.2) is 38.5 Å². The molecule has 1 aliphatic heterocycles. The number of nitrogens with zero attached hydrogens (tertiary/aromatic N) is 4. The van der Waals surface area contributed by atoms with E-state index in [4.69, 9.17) is 4.42 Å². The van der Waals surface area contributed by atoms with Crippen LogP contribution in [0.15, 0.2) is 45.7 Å². The molecule has 1 amide bonds. The molecule has 1 aliphatic rings. The lowest BCUT2D eigenvalue weighted by atomic mass is 10.1. The zero-order chi connectivity index (χ0) is 20.1. The third-order valence-corrected chi connectivity index (χ3v) is 5.98. The molecule has 0 aliphatic carbocycles. The smallest absolute Gasteiger partial charge is 0.328 e. The number of carbonyl (C=O) groups excluding carboxylic acids is 1. The van der Waals surface area contributed by atoms with Gasteiger partial charge in [-0.1, -0.05) is 6.07 Å². The number of amides is 1. The summed E-state index contributed by atoms with van der Waals surface area (Å²) in [7, 11) is 1.66. The van der Waals surface area contributed by atoms with Crippen molar-refractivity contribution < 1.29 is 18.2 Å². The van der Waals surface area contributed by atoms with Gasteiger partial charge < -0.3 is 13.9 Å². The fraction of sp³-hybridized carbons (Fsp3) is 0.211. The van der Waals surface area contributed by atoms with Gasteiger partial charge >= 0.3 is 5.91 Å². The van der Waals surface area contributed by atoms with Crippen LogP contribution in [-0.2, 0) is 18.4 Å². The van der Waals surface area contributed by atoms with Crippen molar-refractivity contribution >= 4 is 45.0 Å². The van der Waals surface area contributed by atoms with Gasteiger partial charge in [0, 0.05) is 38.0 Å². The molecule has 4 aromatic rings. The van der Waals surface area contributed by atoms with Gasteiger partial charge in [0.1, 0.15) is 28.3 Å². The zero-order valence-electron chi connectivity index (χ0n) is 15.4. The Labute approximate surface area is 167 Å². The first-order valence-corrected chi connectivity index (χ1v) is 10.2. The molecule has 1 saturated heterocycles. The molecule has 2 aromatic carbocycles. The molecular formula is C19H16FN5O3S. The third kappa shape index (κ3) is 3.10. The van der Waals surface area contributed by atoms with E-state index in [9.17, 15) is 13.7 Å². The highest BCUT2D eigenvalue weighted by molar-refractivity contribution is 7.90. The van der Waals surface area contributed by atoms with E-state index in [-0.39, 0.29) is 16.7 Å². The molecule has 1 N–H and O–H groups in total. The number of rotatable bonds is 4. The molecule has 1 atom stereocenters. The van der Waals surface area contributed by atoms with Gasteiger partial charge in [0.05, 0.1) is 5.39 Å². The zero-order valence-corrected chi connectivity index (χ0v) is 16.2. The van der Waals surface area contributed by atoms with Crippen molar-refractivity contribution in [1.29, 1.82) is 0 Å². The SMILES string of the molecule is Cn1nc2cccc([S+]([O-])NC(=O)c3cc4c(F)cc(N5CCC5)cc4o3)c2n1. The Morgan fingerprint density at radius 1 is 1.28 bits per heavy atom. The summed E-state index contributed by atoms with van der Waals surface area (Å²) in [5.41, 5.74) is 2.00. The lowest BCUT2D eigenvalue weighted by Gasteiger charge is -2.33. The van der Waals surface area contributed by atoms with Crippen molar-refractivity contribution in [2.45, 2.75) is 11.3 Å². The number of nitrogens with one attached hydrogen (secondary N) is 1. The molecule has 3 heterocycles. The summed E-state index contributed by atoms with van der Waals surface area (Å²) in [5, 5.41) is 8.55. The molecular weight excluding hydrogens is 397 g/mol. The molecule has 5 rings (SSSR count). The molecule has 1 fully saturated rings. The van der Waals surface area contributed by atoms with Gasteiger partial charge in [0.25, 0.3) is 0 Å². The molecule has 2 aromatic heterocycles. The molecule has 29 heavy (non-hydrogen) atoms. The largest absolute Gasteiger partial charge is 0.588 e. The van der Waals surface area contributed by atoms with Crippen LogP contribution in [0, 0.1) is 5.82 Å². The Bertz CT molecular complexity index is 1250. The van der Waals surface area contributed by atoms with Gasteiger partial charge in [0.2, 0.25) is 4.90 Å². The highest BCUT2D eigenvalue weighted by atomic mass is 32.2. The second-order valence-corrected chi connectivity index (χ2v) is 7.99. The van der Waals surface area contributed by atoms with E-state index in [0.29, 0.717) is 15.9 Å². The Kier molecular flexibility index (Phi) is 4.18. The second-order valence-electron chi connectivity index (χ2n) is 6.80. The van der Waals surface area contributed by atoms with Crippen molar-refractivity contribution in [3.05, 3.63) is 48.0 Å². The first-order valence-electron chi connectivity index (χ1n) is 9.00. The summed E-state index contributed by atoms with van der Waals surface area (Å²) in [5.74, 6) is -1.28. The van der Waals surface area contributed by atoms with Crippen LogP contribution in [0.4, 0.5) is 10.1 Å². The van der Waals surface area contributed by atoms with E-state index in [1.165, 1.54) is 16.9 Å². The molecule has 0 spiro atoms. The number of carbonyl (C=O) groups is 1. The van der Waals surface area contributed by atoms with E-state index in [2.05, 4.69) is 14.9 Å². The standard InChI is InChI=1S/C19H16FN5O3S/c1-24-21-14-4-2-5-17(18(14)22-24)29(27)23-19(26)16-10-12-13(20)8-11(9-15(12)28-16)25-6-3-7-25/h2,4-5,8-10H,3,6-7H2,1H3,(H,23,26). The summed E-state index contributed by atoms with van der Waals surface area (Å²) in [6.45, 7) is 1.73. The number of hydrogen-bond acceptors (Lipinski definition) is 6. The molecule has 148 valence electrons. The summed E-state index contributed by atoms with van der Waals surface area (Å²) in [6.07, 6.45) is 1.07. The van der Waals surface area contributed by atoms with Gasteiger partial charge in [-0.05, 0) is 24.6 Å². The Morgan fingerprint density at radius 2 is 2.10 bits per heavy atom. The second kappa shape index (κ2) is 6.75. The normalized spacial score (nSPS) is 14.9. The number of fused-ring (bicyclic) bond motifs is 2. The molecule has 10 heteroatoms. The number of halogens is 1. The van der Waals surface area contributed by atoms with E-state index in [1.54, 1.807) is 31.3 Å². The minimum Gasteiger partial charge on any atom is -0.588 e. The highest BCUT2D eigenvalue weighted by Crippen LogP contribution is 2.30. The van der Waals surface area contributed by atoms with Crippen LogP contribution >= 0.6 is 0 Å². The van der Waals surface area contributed by atoms with Gasteiger partial charge in [-0.3, -0.25) is 4.79 Å². The fourth-order valence-electron chi connectivity index (χ4n) is 3.31. The minimum atomic E-state index is -1.88. The van der Waals surface area contributed by atoms with Gasteiger partial charge in [-0.25, -0.2) is 4.39 Å². The van der Waals surface area contributed by atoms with Crippen LogP contribution in [0.3, 0.4) is 0 Å². The van der Waals surface area contributed by atoms with Crippen molar-refractivity contribution in [1.82, 2.24) is 19.7 Å². The molecule has 0 bridgehead atoms. The lowest BCUT2D eigenvalue weighted by Crippen LogP contribution is -2.36. The molecule has 8 nitrogen and oxygen atoms in total. The maximum Gasteiger partial charge on any atom is 0.328 e. The first kappa shape index (κ1) is 18.0. The van der Waals surface area contributed by atoms with Gasteiger partial charge in [-0.15, -0.1) is 5.10 Å². The number of hydrogen-bond donors (Lipinski definition) is 1. The van der Waals surface area contributed by atoms with Gasteiger partial charge in [-0.2, -0.15) is 14.6 Å². The Balaban J connectivity index is 1.42. The fourth-order valence-corrected chi connectivity index (χ4v) is 4.21. The number of furan rings is 1. The number of benzene rings is 2. The molecule has 1 unspecified atom stereocenters. The van der Waals surface area contributed by atoms with Crippen LogP contribution in [0.1, 0.15) is 17.0 Å². The van der Waals surface area contributed by atoms with Crippen molar-refractivity contribution in [2.75, 3.05) is 18.0 Å². The van der Waals surface area contributed by atoms with Crippen molar-refractivity contribution in [3.8, 4) is 0 Å². The van der Waals surface area contributed by atoms with Crippen LogP contribution in [0.25, 0.3) is 22.0 Å². The average molecular weight is 413 g/mol. The maximum atomic E-state index is 14.5.